The smallest absolute Gasteiger partial charge is 0.404 e. The number of hydrogen-bond donors (Lipinski definition) is 3. The second-order valence-corrected chi connectivity index (χ2v) is 10.3. The molecule has 39 heavy (non-hydrogen) atoms. The van der Waals surface area contributed by atoms with E-state index in [9.17, 15) is 14.4 Å². The molecule has 0 aromatic heterocycles. The van der Waals surface area contributed by atoms with Crippen LogP contribution in [0.4, 0.5) is 4.79 Å². The quantitative estimate of drug-likeness (QED) is 0.0690. The van der Waals surface area contributed by atoms with Crippen LogP contribution in [0.1, 0.15) is 155 Å². The molecule has 0 aromatic rings. The van der Waals surface area contributed by atoms with Crippen molar-refractivity contribution in [3.63, 3.8) is 0 Å². The van der Waals surface area contributed by atoms with Gasteiger partial charge in [0.2, 0.25) is 0 Å². The minimum atomic E-state index is -0.990. The van der Waals surface area contributed by atoms with Gasteiger partial charge < -0.3 is 25.6 Å². The van der Waals surface area contributed by atoms with Crippen molar-refractivity contribution >= 4 is 18.0 Å². The van der Waals surface area contributed by atoms with Crippen molar-refractivity contribution in [3.8, 4) is 0 Å². The molecule has 0 aliphatic rings. The molecular weight excluding hydrogens is 496 g/mol. The van der Waals surface area contributed by atoms with Gasteiger partial charge in [0, 0.05) is 19.4 Å². The number of unbranched alkanes of at least 4 members (excludes halogenated alkanes) is 16. The summed E-state index contributed by atoms with van der Waals surface area (Å²) >= 11 is 0. The molecule has 0 aliphatic carbocycles. The largest absolute Gasteiger partial charge is 0.466 e. The van der Waals surface area contributed by atoms with Gasteiger partial charge in [0.05, 0.1) is 13.2 Å². The van der Waals surface area contributed by atoms with Gasteiger partial charge in [0.15, 0.2) is 0 Å². The molecule has 0 saturated heterocycles. The third-order valence-corrected chi connectivity index (χ3v) is 6.44. The first kappa shape index (κ1) is 39.3. The predicted molar refractivity (Wildman–Crippen MR) is 160 cm³/mol. The molecule has 1 amide bonds. The molecule has 8 heteroatoms. The Balaban J connectivity index is 0. The van der Waals surface area contributed by atoms with Gasteiger partial charge in [-0.25, -0.2) is 4.79 Å². The summed E-state index contributed by atoms with van der Waals surface area (Å²) in [5.74, 6) is -0.136. The first-order valence-electron chi connectivity index (χ1n) is 16.0. The second-order valence-electron chi connectivity index (χ2n) is 10.3. The third-order valence-electron chi connectivity index (χ3n) is 6.44. The summed E-state index contributed by atoms with van der Waals surface area (Å²) in [6.45, 7) is 6.63. The van der Waals surface area contributed by atoms with E-state index in [4.69, 9.17) is 20.3 Å². The van der Waals surface area contributed by atoms with Crippen molar-refractivity contribution in [1.82, 2.24) is 5.32 Å². The predicted octanol–water partition coefficient (Wildman–Crippen LogP) is 7.91. The van der Waals surface area contributed by atoms with E-state index in [-0.39, 0.29) is 11.9 Å². The average molecular weight is 559 g/mol. The van der Waals surface area contributed by atoms with Crippen molar-refractivity contribution in [2.45, 2.75) is 155 Å². The molecule has 0 aliphatic heterocycles. The van der Waals surface area contributed by atoms with E-state index >= 15 is 0 Å². The highest BCUT2D eigenvalue weighted by Crippen LogP contribution is 2.10. The number of nitrogens with two attached hydrogens (primary N) is 1. The molecule has 0 atom stereocenters. The number of ether oxygens (including phenoxy) is 2. The standard InChI is InChI=1S/C16H31NO4.C15H31NO2/c1-2-3-4-5-6-7-9-12-15(18)21-14-11-8-10-13-17-16(19)20;1-2-3-4-5-6-7-9-12-15(17)18-14-11-8-10-13-16/h17H,2-14H2,1H3,(H,19,20);2-14,16H2,1H3. The van der Waals surface area contributed by atoms with E-state index in [0.717, 1.165) is 70.8 Å². The monoisotopic (exact) mass is 558 g/mol. The number of amides is 1. The molecule has 0 heterocycles. The van der Waals surface area contributed by atoms with Crippen LogP contribution in [-0.4, -0.2) is 49.4 Å². The molecule has 0 radical (unpaired) electrons. The summed E-state index contributed by atoms with van der Waals surface area (Å²) in [6.07, 6.45) is 22.6. The van der Waals surface area contributed by atoms with Crippen LogP contribution in [0.5, 0.6) is 0 Å². The minimum absolute atomic E-state index is 0.0312. The summed E-state index contributed by atoms with van der Waals surface area (Å²) in [7, 11) is 0. The van der Waals surface area contributed by atoms with E-state index in [1.807, 2.05) is 0 Å². The van der Waals surface area contributed by atoms with Crippen LogP contribution in [0.15, 0.2) is 0 Å². The number of carbonyl (C=O) groups excluding carboxylic acids is 2. The highest BCUT2D eigenvalue weighted by atomic mass is 16.5. The number of hydrogen-bond acceptors (Lipinski definition) is 6. The zero-order chi connectivity index (χ0) is 29.2. The fourth-order valence-electron chi connectivity index (χ4n) is 3.99. The molecule has 8 nitrogen and oxygen atoms in total. The molecule has 0 unspecified atom stereocenters. The van der Waals surface area contributed by atoms with Crippen molar-refractivity contribution < 1.29 is 29.0 Å². The summed E-state index contributed by atoms with van der Waals surface area (Å²) in [4.78, 5) is 33.0. The number of esters is 2. The van der Waals surface area contributed by atoms with Crippen LogP contribution < -0.4 is 11.1 Å². The maximum absolute atomic E-state index is 11.4. The van der Waals surface area contributed by atoms with Crippen molar-refractivity contribution in [2.75, 3.05) is 26.3 Å². The summed E-state index contributed by atoms with van der Waals surface area (Å²) in [5, 5.41) is 10.7. The Morgan fingerprint density at radius 3 is 1.36 bits per heavy atom. The lowest BCUT2D eigenvalue weighted by molar-refractivity contribution is -0.144. The molecule has 0 aromatic carbocycles. The fraction of sp³-hybridized carbons (Fsp3) is 0.903. The van der Waals surface area contributed by atoms with E-state index in [2.05, 4.69) is 19.2 Å². The first-order chi connectivity index (χ1) is 19.0. The molecular formula is C31H62N2O6. The third kappa shape index (κ3) is 38.4. The van der Waals surface area contributed by atoms with Gasteiger partial charge >= 0.3 is 18.0 Å². The maximum atomic E-state index is 11.4. The Morgan fingerprint density at radius 1 is 0.564 bits per heavy atom. The Morgan fingerprint density at radius 2 is 0.949 bits per heavy atom. The van der Waals surface area contributed by atoms with Crippen LogP contribution in [0.3, 0.4) is 0 Å². The number of nitrogens with one attached hydrogen (secondary N) is 1. The van der Waals surface area contributed by atoms with Gasteiger partial charge in [0.25, 0.3) is 0 Å². The lowest BCUT2D eigenvalue weighted by Crippen LogP contribution is -2.21. The Bertz CT molecular complexity index is 545. The Kier molecular flexibility index (Phi) is 34.5. The second kappa shape index (κ2) is 34.2. The molecule has 0 spiro atoms. The van der Waals surface area contributed by atoms with Gasteiger partial charge in [-0.05, 0) is 57.9 Å². The van der Waals surface area contributed by atoms with Crippen LogP contribution in [-0.2, 0) is 19.1 Å². The minimum Gasteiger partial charge on any atom is -0.466 e. The van der Waals surface area contributed by atoms with Crippen molar-refractivity contribution in [1.29, 1.82) is 0 Å². The topological polar surface area (TPSA) is 128 Å². The van der Waals surface area contributed by atoms with Gasteiger partial charge in [-0.2, -0.15) is 0 Å². The lowest BCUT2D eigenvalue weighted by atomic mass is 10.1. The summed E-state index contributed by atoms with van der Waals surface area (Å²) < 4.78 is 10.3. The van der Waals surface area contributed by atoms with Crippen LogP contribution in [0.25, 0.3) is 0 Å². The van der Waals surface area contributed by atoms with Crippen molar-refractivity contribution in [2.24, 2.45) is 5.73 Å². The van der Waals surface area contributed by atoms with Crippen molar-refractivity contribution in [3.05, 3.63) is 0 Å². The van der Waals surface area contributed by atoms with Gasteiger partial charge in [-0.15, -0.1) is 0 Å². The number of rotatable bonds is 27. The zero-order valence-corrected chi connectivity index (χ0v) is 25.5. The van der Waals surface area contributed by atoms with E-state index in [1.54, 1.807) is 0 Å². The zero-order valence-electron chi connectivity index (χ0n) is 25.5. The Hall–Kier alpha value is -1.83. The lowest BCUT2D eigenvalue weighted by Gasteiger charge is -2.05. The summed E-state index contributed by atoms with van der Waals surface area (Å²) in [5.41, 5.74) is 5.39. The molecule has 0 bridgehead atoms. The Labute approximate surface area is 239 Å². The van der Waals surface area contributed by atoms with Crippen LogP contribution in [0, 0.1) is 0 Å². The molecule has 232 valence electrons. The highest BCUT2D eigenvalue weighted by molar-refractivity contribution is 5.69. The van der Waals surface area contributed by atoms with Crippen LogP contribution in [0.2, 0.25) is 0 Å². The number of carbonyl (C=O) groups is 3. The van der Waals surface area contributed by atoms with E-state index in [0.29, 0.717) is 32.6 Å². The molecule has 0 fully saturated rings. The maximum Gasteiger partial charge on any atom is 0.404 e. The first-order valence-corrected chi connectivity index (χ1v) is 16.0. The van der Waals surface area contributed by atoms with Gasteiger partial charge in [-0.1, -0.05) is 90.9 Å². The number of carboxylic acid groups (broad SMARTS) is 1. The van der Waals surface area contributed by atoms with Gasteiger partial charge in [0.1, 0.15) is 0 Å². The van der Waals surface area contributed by atoms with Gasteiger partial charge in [-0.3, -0.25) is 9.59 Å². The average Bonchev–Trinajstić information content (AvgIpc) is 2.91. The molecule has 0 rings (SSSR count). The van der Waals surface area contributed by atoms with Crippen LogP contribution >= 0.6 is 0 Å². The molecule has 0 saturated carbocycles. The van der Waals surface area contributed by atoms with E-state index < -0.39 is 6.09 Å². The normalized spacial score (nSPS) is 10.4. The van der Waals surface area contributed by atoms with E-state index in [1.165, 1.54) is 64.2 Å². The SMILES string of the molecule is CCCCCCCCCC(=O)OCCCCCN.CCCCCCCCCC(=O)OCCCCCNC(=O)O. The fourth-order valence-corrected chi connectivity index (χ4v) is 3.99. The highest BCUT2D eigenvalue weighted by Gasteiger charge is 2.03. The summed E-state index contributed by atoms with van der Waals surface area (Å²) in [6, 6.07) is 0. The molecule has 4 N–H and O–H groups in total.